The second-order valence-electron chi connectivity index (χ2n) is 5.09. The number of amides is 1. The van der Waals surface area contributed by atoms with Crippen LogP contribution in [0.15, 0.2) is 0 Å². The van der Waals surface area contributed by atoms with Gasteiger partial charge in [-0.05, 0) is 27.2 Å². The highest BCUT2D eigenvalue weighted by atomic mass is 16.7. The van der Waals surface area contributed by atoms with Crippen LogP contribution in [0.3, 0.4) is 0 Å². The van der Waals surface area contributed by atoms with Gasteiger partial charge in [0.25, 0.3) is 0 Å². The van der Waals surface area contributed by atoms with Gasteiger partial charge < -0.3 is 5.11 Å². The molecule has 1 atom stereocenters. The summed E-state index contributed by atoms with van der Waals surface area (Å²) in [7, 11) is 0. The van der Waals surface area contributed by atoms with Crippen LogP contribution in [0.25, 0.3) is 0 Å². The fourth-order valence-corrected chi connectivity index (χ4v) is 1.41. The first kappa shape index (κ1) is 15.9. The summed E-state index contributed by atoms with van der Waals surface area (Å²) in [4.78, 5) is 27.2. The first-order valence-electron chi connectivity index (χ1n) is 5.94. The summed E-state index contributed by atoms with van der Waals surface area (Å²) < 4.78 is 0. The average molecular weight is 245 g/mol. The van der Waals surface area contributed by atoms with Crippen LogP contribution in [-0.4, -0.2) is 34.7 Å². The number of unbranched alkanes of at least 4 members (excludes halogenated alkanes) is 1. The predicted molar refractivity (Wildman–Crippen MR) is 64.3 cm³/mol. The molecule has 0 fully saturated rings. The Morgan fingerprint density at radius 2 is 2.06 bits per heavy atom. The monoisotopic (exact) mass is 245 g/mol. The van der Waals surface area contributed by atoms with Crippen molar-refractivity contribution in [1.82, 2.24) is 5.06 Å². The highest BCUT2D eigenvalue weighted by Crippen LogP contribution is 2.14. The molecule has 0 bridgehead atoms. The van der Waals surface area contributed by atoms with Crippen molar-refractivity contribution in [2.24, 2.45) is 5.92 Å². The third kappa shape index (κ3) is 7.74. The number of aliphatic carboxylic acids is 1. The predicted octanol–water partition coefficient (Wildman–Crippen LogP) is 2.07. The lowest BCUT2D eigenvalue weighted by Crippen LogP contribution is -2.38. The van der Waals surface area contributed by atoms with E-state index in [1.54, 1.807) is 0 Å². The number of carboxylic acids is 1. The van der Waals surface area contributed by atoms with Crippen LogP contribution in [0.5, 0.6) is 0 Å². The second kappa shape index (κ2) is 7.27. The SMILES string of the molecule is CCCC[C@H](CN(C=O)OC(C)(C)C)C(=O)O. The Hall–Kier alpha value is -1.10. The topological polar surface area (TPSA) is 66.8 Å². The van der Waals surface area contributed by atoms with Gasteiger partial charge in [-0.25, -0.2) is 5.06 Å². The van der Waals surface area contributed by atoms with Gasteiger partial charge in [0.15, 0.2) is 0 Å². The van der Waals surface area contributed by atoms with Gasteiger partial charge in [0.2, 0.25) is 6.41 Å². The van der Waals surface area contributed by atoms with Crippen molar-refractivity contribution >= 4 is 12.4 Å². The summed E-state index contributed by atoms with van der Waals surface area (Å²) in [6, 6.07) is 0. The van der Waals surface area contributed by atoms with E-state index in [1.807, 2.05) is 27.7 Å². The van der Waals surface area contributed by atoms with Crippen molar-refractivity contribution in [1.29, 1.82) is 0 Å². The Balaban J connectivity index is 4.38. The van der Waals surface area contributed by atoms with Crippen LogP contribution in [0, 0.1) is 5.92 Å². The van der Waals surface area contributed by atoms with Crippen molar-refractivity contribution < 1.29 is 19.5 Å². The Kier molecular flexibility index (Phi) is 6.80. The van der Waals surface area contributed by atoms with Crippen molar-refractivity contribution in [2.75, 3.05) is 6.54 Å². The van der Waals surface area contributed by atoms with Crippen molar-refractivity contribution in [3.8, 4) is 0 Å². The fraction of sp³-hybridized carbons (Fsp3) is 0.833. The van der Waals surface area contributed by atoms with Gasteiger partial charge in [0.1, 0.15) is 0 Å². The smallest absolute Gasteiger partial charge is 0.308 e. The average Bonchev–Trinajstić information content (AvgIpc) is 2.20. The highest BCUT2D eigenvalue weighted by Gasteiger charge is 2.23. The summed E-state index contributed by atoms with van der Waals surface area (Å²) in [5.41, 5.74) is -0.505. The number of carboxylic acid groups (broad SMARTS) is 1. The van der Waals surface area contributed by atoms with Crippen LogP contribution in [0.2, 0.25) is 0 Å². The number of hydroxylamine groups is 2. The minimum absolute atomic E-state index is 0.0934. The molecule has 0 aromatic heterocycles. The van der Waals surface area contributed by atoms with Gasteiger partial charge in [0, 0.05) is 0 Å². The van der Waals surface area contributed by atoms with Crippen LogP contribution in [-0.2, 0) is 14.4 Å². The number of hydrogen-bond donors (Lipinski definition) is 1. The molecule has 0 radical (unpaired) electrons. The molecule has 1 amide bonds. The molecule has 0 heterocycles. The van der Waals surface area contributed by atoms with Gasteiger partial charge >= 0.3 is 5.97 Å². The molecule has 0 aliphatic carbocycles. The Labute approximate surface area is 103 Å². The molecule has 0 aromatic rings. The lowest BCUT2D eigenvalue weighted by Gasteiger charge is -2.28. The van der Waals surface area contributed by atoms with Gasteiger partial charge in [0.05, 0.1) is 18.1 Å². The second-order valence-corrected chi connectivity index (χ2v) is 5.09. The minimum Gasteiger partial charge on any atom is -0.481 e. The number of rotatable bonds is 8. The summed E-state index contributed by atoms with van der Waals surface area (Å²) in [6.07, 6.45) is 2.86. The zero-order valence-electron chi connectivity index (χ0n) is 11.1. The molecular weight excluding hydrogens is 222 g/mol. The van der Waals surface area contributed by atoms with Gasteiger partial charge in [-0.1, -0.05) is 19.8 Å². The van der Waals surface area contributed by atoms with Gasteiger partial charge in [-0.3, -0.25) is 14.4 Å². The Morgan fingerprint density at radius 3 is 2.41 bits per heavy atom. The van der Waals surface area contributed by atoms with E-state index in [2.05, 4.69) is 0 Å². The van der Waals surface area contributed by atoms with E-state index in [9.17, 15) is 9.59 Å². The van der Waals surface area contributed by atoms with E-state index in [0.717, 1.165) is 17.9 Å². The molecular formula is C12H23NO4. The van der Waals surface area contributed by atoms with Crippen molar-refractivity contribution in [2.45, 2.75) is 52.6 Å². The van der Waals surface area contributed by atoms with Crippen LogP contribution in [0.4, 0.5) is 0 Å². The highest BCUT2D eigenvalue weighted by molar-refractivity contribution is 5.70. The van der Waals surface area contributed by atoms with Crippen LogP contribution in [0.1, 0.15) is 47.0 Å². The van der Waals surface area contributed by atoms with Crippen molar-refractivity contribution in [3.63, 3.8) is 0 Å². The first-order valence-corrected chi connectivity index (χ1v) is 5.94. The van der Waals surface area contributed by atoms with Crippen LogP contribution < -0.4 is 0 Å². The Morgan fingerprint density at radius 1 is 1.47 bits per heavy atom. The minimum atomic E-state index is -0.886. The zero-order valence-corrected chi connectivity index (χ0v) is 11.1. The molecule has 17 heavy (non-hydrogen) atoms. The van der Waals surface area contributed by atoms with Crippen LogP contribution >= 0.6 is 0 Å². The number of carbonyl (C=O) groups excluding carboxylic acids is 1. The largest absolute Gasteiger partial charge is 0.481 e. The molecule has 1 N–H and O–H groups in total. The van der Waals surface area contributed by atoms with E-state index < -0.39 is 17.5 Å². The maximum Gasteiger partial charge on any atom is 0.308 e. The Bertz CT molecular complexity index is 247. The van der Waals surface area contributed by atoms with E-state index in [-0.39, 0.29) is 6.54 Å². The molecule has 0 aliphatic rings. The van der Waals surface area contributed by atoms with E-state index in [0.29, 0.717) is 12.8 Å². The summed E-state index contributed by atoms with van der Waals surface area (Å²) in [6.45, 7) is 7.53. The maximum absolute atomic E-state index is 11.0. The number of hydrogen-bond acceptors (Lipinski definition) is 3. The zero-order chi connectivity index (χ0) is 13.5. The number of carbonyl (C=O) groups is 2. The maximum atomic E-state index is 11.0. The normalized spacial score (nSPS) is 13.2. The molecule has 0 aliphatic heterocycles. The molecule has 5 heteroatoms. The fourth-order valence-electron chi connectivity index (χ4n) is 1.41. The quantitative estimate of drug-likeness (QED) is 0.525. The third-order valence-corrected chi connectivity index (χ3v) is 2.16. The van der Waals surface area contributed by atoms with Gasteiger partial charge in [-0.15, -0.1) is 0 Å². The molecule has 0 rings (SSSR count). The molecule has 0 spiro atoms. The molecule has 0 aromatic carbocycles. The molecule has 0 saturated carbocycles. The standard InChI is InChI=1S/C12H23NO4/c1-5-6-7-10(11(15)16)8-13(9-14)17-12(2,3)4/h9-10H,5-8H2,1-4H3,(H,15,16)/t10-/m1/s1. The molecule has 5 nitrogen and oxygen atoms in total. The third-order valence-electron chi connectivity index (χ3n) is 2.16. The molecule has 100 valence electrons. The first-order chi connectivity index (χ1) is 7.80. The van der Waals surface area contributed by atoms with Crippen molar-refractivity contribution in [3.05, 3.63) is 0 Å². The van der Waals surface area contributed by atoms with Gasteiger partial charge in [-0.2, -0.15) is 0 Å². The lowest BCUT2D eigenvalue weighted by molar-refractivity contribution is -0.221. The summed E-state index contributed by atoms with van der Waals surface area (Å²) in [5.74, 6) is -1.45. The van der Waals surface area contributed by atoms with E-state index in [1.165, 1.54) is 0 Å². The molecule has 0 saturated heterocycles. The number of nitrogens with zero attached hydrogens (tertiary/aromatic N) is 1. The lowest BCUT2D eigenvalue weighted by atomic mass is 10.0. The molecule has 0 unspecified atom stereocenters. The van der Waals surface area contributed by atoms with E-state index in [4.69, 9.17) is 9.94 Å². The summed E-state index contributed by atoms with van der Waals surface area (Å²) in [5, 5.41) is 10.1. The summed E-state index contributed by atoms with van der Waals surface area (Å²) >= 11 is 0. The van der Waals surface area contributed by atoms with E-state index >= 15 is 0 Å².